The second kappa shape index (κ2) is 9.60. The molecule has 0 saturated carbocycles. The highest BCUT2D eigenvalue weighted by atomic mass is 35.5. The fourth-order valence-electron chi connectivity index (χ4n) is 4.10. The molecule has 0 aliphatic carbocycles. The number of hydrogen-bond acceptors (Lipinski definition) is 3. The molecule has 9 heteroatoms. The standard InChI is InChI=1S/C25H24Cl2N4O3/c1-4-11-30-23(32)21(22(25(30)34)29-12-9-15(5-2)10-13-29)20-19(6-3)28-31(24(20)33)16-7-8-17(26)18(27)14-16/h7-10,12-14H,4-6,11H2,1-3H3/p+1. The zero-order chi connectivity index (χ0) is 24.6. The summed E-state index contributed by atoms with van der Waals surface area (Å²) in [6, 6.07) is 8.63. The Balaban J connectivity index is 1.98. The lowest BCUT2D eigenvalue weighted by molar-refractivity contribution is -0.577. The second-order valence-electron chi connectivity index (χ2n) is 8.01. The second-order valence-corrected chi connectivity index (χ2v) is 8.83. The topological polar surface area (TPSA) is 79.1 Å². The number of nitrogens with one attached hydrogen (secondary N) is 1. The van der Waals surface area contributed by atoms with E-state index in [0.717, 1.165) is 12.0 Å². The molecule has 0 spiro atoms. The van der Waals surface area contributed by atoms with Crippen LogP contribution < -0.4 is 10.1 Å². The van der Waals surface area contributed by atoms with Crippen molar-refractivity contribution in [3.05, 3.63) is 79.9 Å². The van der Waals surface area contributed by atoms with Crippen molar-refractivity contribution < 1.29 is 14.2 Å². The first-order valence-electron chi connectivity index (χ1n) is 11.2. The Morgan fingerprint density at radius 2 is 1.62 bits per heavy atom. The van der Waals surface area contributed by atoms with Gasteiger partial charge >= 0.3 is 5.91 Å². The molecule has 4 rings (SSSR count). The summed E-state index contributed by atoms with van der Waals surface area (Å²) in [4.78, 5) is 41.8. The van der Waals surface area contributed by atoms with E-state index in [-0.39, 0.29) is 23.4 Å². The van der Waals surface area contributed by atoms with Crippen molar-refractivity contribution in [2.24, 2.45) is 0 Å². The maximum Gasteiger partial charge on any atom is 0.326 e. The molecule has 3 aromatic rings. The number of amides is 2. The van der Waals surface area contributed by atoms with Gasteiger partial charge in [-0.05, 0) is 43.0 Å². The number of rotatable bonds is 7. The number of aryl methyl sites for hydroxylation is 2. The number of nitrogens with zero attached hydrogens (tertiary/aromatic N) is 3. The van der Waals surface area contributed by atoms with Gasteiger partial charge in [0.15, 0.2) is 12.4 Å². The van der Waals surface area contributed by atoms with E-state index in [1.54, 1.807) is 35.2 Å². The van der Waals surface area contributed by atoms with Crippen LogP contribution in [0, 0.1) is 0 Å². The van der Waals surface area contributed by atoms with Crippen LogP contribution >= 0.6 is 23.2 Å². The molecule has 0 bridgehead atoms. The summed E-state index contributed by atoms with van der Waals surface area (Å²) in [7, 11) is 0. The number of pyridine rings is 1. The number of carbonyl (C=O) groups excluding carboxylic acids is 2. The van der Waals surface area contributed by atoms with Crippen LogP contribution in [-0.2, 0) is 22.4 Å². The van der Waals surface area contributed by atoms with Crippen molar-refractivity contribution in [1.29, 1.82) is 0 Å². The van der Waals surface area contributed by atoms with Gasteiger partial charge in [0.25, 0.3) is 17.2 Å². The van der Waals surface area contributed by atoms with Gasteiger partial charge in [-0.2, -0.15) is 4.57 Å². The van der Waals surface area contributed by atoms with Gasteiger partial charge in [0.2, 0.25) is 0 Å². The predicted octanol–water partition coefficient (Wildman–Crippen LogP) is 4.03. The predicted molar refractivity (Wildman–Crippen MR) is 132 cm³/mol. The normalized spacial score (nSPS) is 14.0. The monoisotopic (exact) mass is 499 g/mol. The lowest BCUT2D eigenvalue weighted by Gasteiger charge is -2.11. The fraction of sp³-hybridized carbons (Fsp3) is 0.280. The molecule has 2 amide bonds. The molecular formula is C25H25Cl2N4O3+. The SMILES string of the molecule is CCCN1C(=O)C(c2c(CC)[nH]n(-c3ccc(Cl)c(Cl)c3)c2=O)=C([n+]2ccc(CC)cc2)C1=O. The Morgan fingerprint density at radius 3 is 2.21 bits per heavy atom. The minimum Gasteiger partial charge on any atom is -0.294 e. The van der Waals surface area contributed by atoms with Crippen molar-refractivity contribution in [3.8, 4) is 5.69 Å². The Bertz CT molecular complexity index is 1370. The molecule has 2 aromatic heterocycles. The molecule has 1 N–H and O–H groups in total. The number of H-pyrrole nitrogens is 1. The van der Waals surface area contributed by atoms with E-state index >= 15 is 0 Å². The molecule has 0 atom stereocenters. The van der Waals surface area contributed by atoms with Crippen LogP contribution in [0.5, 0.6) is 0 Å². The Hall–Kier alpha value is -3.16. The van der Waals surface area contributed by atoms with Gasteiger partial charge in [-0.3, -0.25) is 24.4 Å². The van der Waals surface area contributed by atoms with Crippen LogP contribution in [0.25, 0.3) is 17.0 Å². The summed E-state index contributed by atoms with van der Waals surface area (Å²) < 4.78 is 2.95. The first-order valence-corrected chi connectivity index (χ1v) is 12.0. The molecule has 1 aliphatic rings. The highest BCUT2D eigenvalue weighted by Gasteiger charge is 2.46. The Morgan fingerprint density at radius 1 is 0.912 bits per heavy atom. The van der Waals surface area contributed by atoms with Crippen LogP contribution in [0.3, 0.4) is 0 Å². The maximum absolute atomic E-state index is 13.7. The summed E-state index contributed by atoms with van der Waals surface area (Å²) in [5.41, 5.74) is 2.15. The number of halogens is 2. The number of hydrogen-bond donors (Lipinski definition) is 1. The largest absolute Gasteiger partial charge is 0.326 e. The van der Waals surface area contributed by atoms with E-state index in [1.807, 2.05) is 32.9 Å². The van der Waals surface area contributed by atoms with E-state index < -0.39 is 17.4 Å². The van der Waals surface area contributed by atoms with Gasteiger partial charge in [0.05, 0.1) is 21.3 Å². The summed E-state index contributed by atoms with van der Waals surface area (Å²) in [6.45, 7) is 6.08. The summed E-state index contributed by atoms with van der Waals surface area (Å²) in [5.74, 6) is -0.888. The quantitative estimate of drug-likeness (QED) is 0.393. The van der Waals surface area contributed by atoms with E-state index in [1.165, 1.54) is 9.58 Å². The Labute approximate surface area is 207 Å². The average molecular weight is 500 g/mol. The molecule has 0 radical (unpaired) electrons. The highest BCUT2D eigenvalue weighted by Crippen LogP contribution is 2.31. The number of imide groups is 1. The third kappa shape index (κ3) is 3.99. The third-order valence-electron chi connectivity index (χ3n) is 5.89. The van der Waals surface area contributed by atoms with Crippen LogP contribution in [0.15, 0.2) is 47.5 Å². The van der Waals surface area contributed by atoms with Crippen molar-refractivity contribution in [2.75, 3.05) is 6.54 Å². The van der Waals surface area contributed by atoms with E-state index in [4.69, 9.17) is 23.2 Å². The molecule has 7 nitrogen and oxygen atoms in total. The van der Waals surface area contributed by atoms with Crippen molar-refractivity contribution in [1.82, 2.24) is 14.7 Å². The minimum absolute atomic E-state index is 0.101. The number of carbonyl (C=O) groups is 2. The molecule has 176 valence electrons. The number of aromatic nitrogens is 3. The van der Waals surface area contributed by atoms with Gasteiger partial charge in [0.1, 0.15) is 5.57 Å². The van der Waals surface area contributed by atoms with Crippen molar-refractivity contribution in [2.45, 2.75) is 40.0 Å². The van der Waals surface area contributed by atoms with E-state index in [9.17, 15) is 14.4 Å². The van der Waals surface area contributed by atoms with Gasteiger partial charge in [-0.15, -0.1) is 0 Å². The molecule has 34 heavy (non-hydrogen) atoms. The fourth-order valence-corrected chi connectivity index (χ4v) is 4.39. The van der Waals surface area contributed by atoms with Crippen molar-refractivity contribution in [3.63, 3.8) is 0 Å². The maximum atomic E-state index is 13.7. The summed E-state index contributed by atoms with van der Waals surface area (Å²) >= 11 is 12.2. The molecule has 0 unspecified atom stereocenters. The van der Waals surface area contributed by atoms with Gasteiger partial charge in [-0.1, -0.05) is 44.0 Å². The number of aromatic amines is 1. The van der Waals surface area contributed by atoms with Gasteiger partial charge < -0.3 is 0 Å². The Kier molecular flexibility index (Phi) is 6.77. The van der Waals surface area contributed by atoms with Gasteiger partial charge in [0, 0.05) is 24.4 Å². The van der Waals surface area contributed by atoms with Gasteiger partial charge in [-0.25, -0.2) is 4.68 Å². The lowest BCUT2D eigenvalue weighted by atomic mass is 10.0. The smallest absolute Gasteiger partial charge is 0.294 e. The van der Waals surface area contributed by atoms with Crippen LogP contribution in [-0.4, -0.2) is 33.0 Å². The first kappa shape index (κ1) is 24.0. The molecule has 3 heterocycles. The zero-order valence-corrected chi connectivity index (χ0v) is 20.7. The van der Waals surface area contributed by atoms with Crippen LogP contribution in [0.2, 0.25) is 10.0 Å². The lowest BCUT2D eigenvalue weighted by Crippen LogP contribution is -2.39. The molecule has 1 aromatic carbocycles. The van der Waals surface area contributed by atoms with E-state index in [0.29, 0.717) is 34.3 Å². The molecular weight excluding hydrogens is 475 g/mol. The zero-order valence-electron chi connectivity index (χ0n) is 19.2. The van der Waals surface area contributed by atoms with Crippen molar-refractivity contribution >= 4 is 46.3 Å². The first-order chi connectivity index (χ1) is 16.3. The van der Waals surface area contributed by atoms with Crippen LogP contribution in [0.1, 0.15) is 44.0 Å². The van der Waals surface area contributed by atoms with E-state index in [2.05, 4.69) is 5.10 Å². The average Bonchev–Trinajstić information content (AvgIpc) is 3.29. The molecule has 0 saturated heterocycles. The number of benzene rings is 1. The summed E-state index contributed by atoms with van der Waals surface area (Å²) in [5, 5.41) is 3.75. The highest BCUT2D eigenvalue weighted by molar-refractivity contribution is 6.44. The molecule has 0 fully saturated rings. The van der Waals surface area contributed by atoms with Crippen LogP contribution in [0.4, 0.5) is 0 Å². The molecule has 1 aliphatic heterocycles. The third-order valence-corrected chi connectivity index (χ3v) is 6.63. The summed E-state index contributed by atoms with van der Waals surface area (Å²) in [6.07, 6.45) is 5.41. The minimum atomic E-state index is -0.471.